The molecule has 0 fully saturated rings. The van der Waals surface area contributed by atoms with Crippen molar-refractivity contribution in [1.29, 1.82) is 0 Å². The van der Waals surface area contributed by atoms with Gasteiger partial charge in [-0.25, -0.2) is 4.39 Å². The van der Waals surface area contributed by atoms with E-state index < -0.39 is 0 Å². The zero-order valence-electron chi connectivity index (χ0n) is 8.06. The van der Waals surface area contributed by atoms with Crippen LogP contribution in [-0.4, -0.2) is 6.54 Å². The number of hydrogen-bond acceptors (Lipinski definition) is 1. The van der Waals surface area contributed by atoms with Crippen molar-refractivity contribution in [3.63, 3.8) is 0 Å². The van der Waals surface area contributed by atoms with Crippen molar-refractivity contribution in [3.8, 4) is 0 Å². The lowest BCUT2D eigenvalue weighted by molar-refractivity contribution is 0.627. The molecule has 0 radical (unpaired) electrons. The van der Waals surface area contributed by atoms with Crippen LogP contribution < -0.4 is 5.73 Å². The van der Waals surface area contributed by atoms with E-state index in [1.165, 1.54) is 12.1 Å². The van der Waals surface area contributed by atoms with Gasteiger partial charge < -0.3 is 5.73 Å². The normalized spacial score (nSPS) is 11.9. The summed E-state index contributed by atoms with van der Waals surface area (Å²) in [6.07, 6.45) is 2.91. The lowest BCUT2D eigenvalue weighted by Crippen LogP contribution is -2.01. The minimum absolute atomic E-state index is 0.236. The van der Waals surface area contributed by atoms with Crippen molar-refractivity contribution < 1.29 is 4.39 Å². The van der Waals surface area contributed by atoms with Gasteiger partial charge in [-0.15, -0.1) is 0 Å². The number of rotatable bonds is 3. The molecule has 0 aliphatic carbocycles. The highest BCUT2D eigenvalue weighted by atomic mass is 79.9. The molecule has 0 aliphatic heterocycles. The van der Waals surface area contributed by atoms with Crippen LogP contribution in [0.2, 0.25) is 0 Å². The summed E-state index contributed by atoms with van der Waals surface area (Å²) in [4.78, 5) is 0. The third-order valence-electron chi connectivity index (χ3n) is 2.04. The van der Waals surface area contributed by atoms with E-state index in [2.05, 4.69) is 22.9 Å². The highest BCUT2D eigenvalue weighted by Gasteiger charge is 1.99. The number of hydrogen-bond donors (Lipinski definition) is 1. The zero-order valence-corrected chi connectivity index (χ0v) is 9.64. The van der Waals surface area contributed by atoms with Gasteiger partial charge in [0.25, 0.3) is 0 Å². The van der Waals surface area contributed by atoms with Crippen LogP contribution in [0.25, 0.3) is 6.08 Å². The van der Waals surface area contributed by atoms with E-state index in [9.17, 15) is 4.39 Å². The average molecular weight is 258 g/mol. The Hall–Kier alpha value is -0.670. The first-order valence-corrected chi connectivity index (χ1v) is 5.31. The van der Waals surface area contributed by atoms with Crippen molar-refractivity contribution in [3.05, 3.63) is 39.6 Å². The minimum atomic E-state index is -0.236. The Kier molecular flexibility index (Phi) is 4.29. The van der Waals surface area contributed by atoms with E-state index in [-0.39, 0.29) is 5.82 Å². The van der Waals surface area contributed by atoms with Gasteiger partial charge >= 0.3 is 0 Å². The van der Waals surface area contributed by atoms with Gasteiger partial charge in [-0.3, -0.25) is 0 Å². The lowest BCUT2D eigenvalue weighted by atomic mass is 10.1. The summed E-state index contributed by atoms with van der Waals surface area (Å²) in [6, 6.07) is 4.64. The second-order valence-corrected chi connectivity index (χ2v) is 3.88. The van der Waals surface area contributed by atoms with Crippen molar-refractivity contribution in [2.24, 2.45) is 5.73 Å². The maximum absolute atomic E-state index is 12.8. The van der Waals surface area contributed by atoms with Crippen molar-refractivity contribution in [2.75, 3.05) is 6.54 Å². The monoisotopic (exact) mass is 257 g/mol. The van der Waals surface area contributed by atoms with E-state index in [0.717, 1.165) is 22.0 Å². The molecule has 0 bridgehead atoms. The SMILES string of the molecule is CC/C(=C/c1ccc(F)cc1Br)CN. The molecule has 0 amide bonds. The molecule has 0 saturated heterocycles. The maximum Gasteiger partial charge on any atom is 0.124 e. The van der Waals surface area contributed by atoms with Crippen LogP contribution in [0.3, 0.4) is 0 Å². The summed E-state index contributed by atoms with van der Waals surface area (Å²) >= 11 is 3.31. The van der Waals surface area contributed by atoms with E-state index >= 15 is 0 Å². The lowest BCUT2D eigenvalue weighted by Gasteiger charge is -2.03. The zero-order chi connectivity index (χ0) is 10.6. The summed E-state index contributed by atoms with van der Waals surface area (Å²) < 4.78 is 13.5. The molecule has 1 nitrogen and oxygen atoms in total. The van der Waals surface area contributed by atoms with Gasteiger partial charge in [0.05, 0.1) is 0 Å². The van der Waals surface area contributed by atoms with Crippen LogP contribution in [0.4, 0.5) is 4.39 Å². The third-order valence-corrected chi connectivity index (χ3v) is 2.73. The fourth-order valence-electron chi connectivity index (χ4n) is 1.14. The fraction of sp³-hybridized carbons (Fsp3) is 0.273. The predicted molar refractivity (Wildman–Crippen MR) is 61.4 cm³/mol. The Bertz CT molecular complexity index is 341. The Morgan fingerprint density at radius 2 is 2.29 bits per heavy atom. The molecule has 0 saturated carbocycles. The summed E-state index contributed by atoms with van der Waals surface area (Å²) in [5.41, 5.74) is 7.67. The molecule has 1 rings (SSSR count). The molecule has 2 N–H and O–H groups in total. The van der Waals surface area contributed by atoms with Crippen LogP contribution >= 0.6 is 15.9 Å². The van der Waals surface area contributed by atoms with Crippen LogP contribution in [0, 0.1) is 5.82 Å². The Morgan fingerprint density at radius 1 is 1.57 bits per heavy atom. The van der Waals surface area contributed by atoms with Crippen LogP contribution in [-0.2, 0) is 0 Å². The molecule has 1 aromatic carbocycles. The standard InChI is InChI=1S/C11H13BrFN/c1-2-8(7-14)5-9-3-4-10(13)6-11(9)12/h3-6H,2,7,14H2,1H3/b8-5-. The average Bonchev–Trinajstić information content (AvgIpc) is 2.17. The highest BCUT2D eigenvalue weighted by molar-refractivity contribution is 9.10. The first kappa shape index (κ1) is 11.4. The third kappa shape index (κ3) is 2.93. The molecule has 0 heterocycles. The van der Waals surface area contributed by atoms with Crippen molar-refractivity contribution in [1.82, 2.24) is 0 Å². The second-order valence-electron chi connectivity index (χ2n) is 3.03. The van der Waals surface area contributed by atoms with Gasteiger partial charge in [-0.2, -0.15) is 0 Å². The summed E-state index contributed by atoms with van der Waals surface area (Å²) in [5, 5.41) is 0. The largest absolute Gasteiger partial charge is 0.327 e. The van der Waals surface area contributed by atoms with Gasteiger partial charge in [0.2, 0.25) is 0 Å². The molecular formula is C11H13BrFN. The molecule has 0 aromatic heterocycles. The van der Waals surface area contributed by atoms with E-state index in [0.29, 0.717) is 6.54 Å². The first-order chi connectivity index (χ1) is 6.67. The van der Waals surface area contributed by atoms with Gasteiger partial charge in [0.15, 0.2) is 0 Å². The molecule has 0 atom stereocenters. The molecule has 0 spiro atoms. The quantitative estimate of drug-likeness (QED) is 0.884. The van der Waals surface area contributed by atoms with Crippen molar-refractivity contribution >= 4 is 22.0 Å². The van der Waals surface area contributed by atoms with Gasteiger partial charge in [0.1, 0.15) is 5.82 Å². The van der Waals surface area contributed by atoms with Crippen LogP contribution in [0.15, 0.2) is 28.2 Å². The topological polar surface area (TPSA) is 26.0 Å². The van der Waals surface area contributed by atoms with Gasteiger partial charge in [0, 0.05) is 11.0 Å². The molecular weight excluding hydrogens is 245 g/mol. The Balaban J connectivity index is 3.02. The minimum Gasteiger partial charge on any atom is -0.327 e. The molecule has 76 valence electrons. The first-order valence-electron chi connectivity index (χ1n) is 4.52. The molecule has 1 aromatic rings. The fourth-order valence-corrected chi connectivity index (χ4v) is 1.61. The maximum atomic E-state index is 12.8. The molecule has 3 heteroatoms. The van der Waals surface area contributed by atoms with Crippen LogP contribution in [0.1, 0.15) is 18.9 Å². The van der Waals surface area contributed by atoms with E-state index in [1.807, 2.05) is 6.08 Å². The number of halogens is 2. The molecule has 0 unspecified atom stereocenters. The van der Waals surface area contributed by atoms with E-state index in [4.69, 9.17) is 5.73 Å². The van der Waals surface area contributed by atoms with Gasteiger partial charge in [-0.1, -0.05) is 40.6 Å². The van der Waals surface area contributed by atoms with E-state index in [1.54, 1.807) is 6.07 Å². The predicted octanol–water partition coefficient (Wildman–Crippen LogP) is 3.34. The van der Waals surface area contributed by atoms with Crippen molar-refractivity contribution in [2.45, 2.75) is 13.3 Å². The summed E-state index contributed by atoms with van der Waals surface area (Å²) in [6.45, 7) is 2.59. The van der Waals surface area contributed by atoms with Crippen LogP contribution in [0.5, 0.6) is 0 Å². The summed E-state index contributed by atoms with van der Waals surface area (Å²) in [7, 11) is 0. The second kappa shape index (κ2) is 5.27. The van der Waals surface area contributed by atoms with Gasteiger partial charge in [-0.05, 0) is 24.1 Å². The highest BCUT2D eigenvalue weighted by Crippen LogP contribution is 2.21. The smallest absolute Gasteiger partial charge is 0.124 e. The Morgan fingerprint density at radius 3 is 2.79 bits per heavy atom. The summed E-state index contributed by atoms with van der Waals surface area (Å²) in [5.74, 6) is -0.236. The molecule has 0 aliphatic rings. The Labute approximate surface area is 91.9 Å². The molecule has 14 heavy (non-hydrogen) atoms. The number of nitrogens with two attached hydrogens (primary N) is 1. The number of benzene rings is 1.